The van der Waals surface area contributed by atoms with Gasteiger partial charge >= 0.3 is 6.09 Å². The van der Waals surface area contributed by atoms with Crippen molar-refractivity contribution < 1.29 is 14.3 Å². The first kappa shape index (κ1) is 10.1. The summed E-state index contributed by atoms with van der Waals surface area (Å²) in [6, 6.07) is 7.50. The van der Waals surface area contributed by atoms with E-state index in [0.29, 0.717) is 6.42 Å². The van der Waals surface area contributed by atoms with E-state index in [1.54, 1.807) is 0 Å². The molecule has 1 aliphatic heterocycles. The van der Waals surface area contributed by atoms with Gasteiger partial charge in [-0.05, 0) is 17.2 Å². The smallest absolute Gasteiger partial charge is 0.417 e. The molecular formula is C13H11NO3. The highest BCUT2D eigenvalue weighted by molar-refractivity contribution is 6.00. The van der Waals surface area contributed by atoms with Gasteiger partial charge in [-0.15, -0.1) is 0 Å². The maximum Gasteiger partial charge on any atom is 0.417 e. The molecule has 0 unspecified atom stereocenters. The molecule has 4 nitrogen and oxygen atoms in total. The van der Waals surface area contributed by atoms with E-state index in [1.807, 2.05) is 24.3 Å². The van der Waals surface area contributed by atoms with Crippen LogP contribution in [-0.2, 0) is 16.0 Å². The third-order valence-corrected chi connectivity index (χ3v) is 3.29. The van der Waals surface area contributed by atoms with Crippen LogP contribution in [0.3, 0.4) is 0 Å². The van der Waals surface area contributed by atoms with E-state index in [-0.39, 0.29) is 12.1 Å². The first-order valence-electron chi connectivity index (χ1n) is 5.46. The molecule has 2 atom stereocenters. The Bertz CT molecular complexity index is 523. The number of hydrogen-bond donors (Lipinski definition) is 0. The lowest BCUT2D eigenvalue weighted by Gasteiger charge is -2.17. The molecule has 86 valence electrons. The van der Waals surface area contributed by atoms with Gasteiger partial charge in [-0.3, -0.25) is 4.79 Å². The summed E-state index contributed by atoms with van der Waals surface area (Å²) in [6.45, 7) is 3.41. The topological polar surface area (TPSA) is 46.6 Å². The predicted octanol–water partition coefficient (Wildman–Crippen LogP) is 1.82. The highest BCUT2D eigenvalue weighted by atomic mass is 16.6. The molecule has 1 fully saturated rings. The van der Waals surface area contributed by atoms with Crippen molar-refractivity contribution in [1.82, 2.24) is 4.90 Å². The maximum absolute atomic E-state index is 11.7. The van der Waals surface area contributed by atoms with Crippen LogP contribution >= 0.6 is 0 Å². The molecule has 1 aromatic rings. The van der Waals surface area contributed by atoms with E-state index in [2.05, 4.69) is 6.58 Å². The second-order valence-corrected chi connectivity index (χ2v) is 4.18. The number of imide groups is 1. The summed E-state index contributed by atoms with van der Waals surface area (Å²) in [4.78, 5) is 24.5. The molecule has 4 heteroatoms. The second-order valence-electron chi connectivity index (χ2n) is 4.18. The zero-order valence-electron chi connectivity index (χ0n) is 9.13. The van der Waals surface area contributed by atoms with Crippen LogP contribution < -0.4 is 0 Å². The minimum atomic E-state index is -0.570. The first-order chi connectivity index (χ1) is 8.22. The Labute approximate surface area is 98.5 Å². The normalized spacial score (nSPS) is 25.2. The fraction of sp³-hybridized carbons (Fsp3) is 0.231. The zero-order chi connectivity index (χ0) is 12.0. The van der Waals surface area contributed by atoms with Crippen LogP contribution in [0.1, 0.15) is 17.2 Å². The number of carbonyl (C=O) groups is 2. The summed E-state index contributed by atoms with van der Waals surface area (Å²) in [7, 11) is 0. The standard InChI is InChI=1S/C13H11NO3/c1-2-11(15)14-12-9-6-4-3-5-8(9)7-10(12)17-13(14)16/h2-6,10,12H,1,7H2/t10-,12+/m0/s1. The maximum atomic E-state index is 11.7. The zero-order valence-corrected chi connectivity index (χ0v) is 9.13. The van der Waals surface area contributed by atoms with Crippen molar-refractivity contribution in [2.24, 2.45) is 0 Å². The molecule has 1 heterocycles. The lowest BCUT2D eigenvalue weighted by molar-refractivity contribution is -0.124. The van der Waals surface area contributed by atoms with Gasteiger partial charge < -0.3 is 4.74 Å². The Balaban J connectivity index is 2.06. The molecule has 0 bridgehead atoms. The van der Waals surface area contributed by atoms with Gasteiger partial charge in [0.2, 0.25) is 0 Å². The van der Waals surface area contributed by atoms with E-state index in [9.17, 15) is 9.59 Å². The lowest BCUT2D eigenvalue weighted by Crippen LogP contribution is -2.32. The fourth-order valence-electron chi connectivity index (χ4n) is 2.57. The number of benzene rings is 1. The van der Waals surface area contributed by atoms with Gasteiger partial charge in [-0.2, -0.15) is 0 Å². The van der Waals surface area contributed by atoms with Crippen molar-refractivity contribution in [2.75, 3.05) is 0 Å². The van der Waals surface area contributed by atoms with Gasteiger partial charge in [-0.25, -0.2) is 9.69 Å². The van der Waals surface area contributed by atoms with Gasteiger partial charge in [0.05, 0.1) is 0 Å². The Morgan fingerprint density at radius 2 is 2.24 bits per heavy atom. The van der Waals surface area contributed by atoms with Crippen LogP contribution in [0.2, 0.25) is 0 Å². The van der Waals surface area contributed by atoms with Crippen LogP contribution in [0.15, 0.2) is 36.9 Å². The number of hydrogen-bond acceptors (Lipinski definition) is 3. The van der Waals surface area contributed by atoms with Gasteiger partial charge in [0.25, 0.3) is 5.91 Å². The van der Waals surface area contributed by atoms with Crippen LogP contribution in [0.5, 0.6) is 0 Å². The molecular weight excluding hydrogens is 218 g/mol. The molecule has 2 amide bonds. The van der Waals surface area contributed by atoms with E-state index < -0.39 is 12.0 Å². The number of ether oxygens (including phenoxy) is 1. The number of nitrogens with zero attached hydrogens (tertiary/aromatic N) is 1. The summed E-state index contributed by atoms with van der Waals surface area (Å²) in [5.74, 6) is -0.404. The second kappa shape index (κ2) is 3.45. The molecule has 1 aliphatic carbocycles. The average molecular weight is 229 g/mol. The molecule has 1 aromatic carbocycles. The Kier molecular flexibility index (Phi) is 2.04. The molecule has 0 radical (unpaired) electrons. The van der Waals surface area contributed by atoms with Crippen molar-refractivity contribution in [3.8, 4) is 0 Å². The van der Waals surface area contributed by atoms with Gasteiger partial charge in [0.15, 0.2) is 0 Å². The highest BCUT2D eigenvalue weighted by Gasteiger charge is 2.49. The number of carbonyl (C=O) groups excluding carboxylic acids is 2. The van der Waals surface area contributed by atoms with Crippen LogP contribution in [0.25, 0.3) is 0 Å². The van der Waals surface area contributed by atoms with E-state index in [4.69, 9.17) is 4.74 Å². The third-order valence-electron chi connectivity index (χ3n) is 3.29. The van der Waals surface area contributed by atoms with Crippen molar-refractivity contribution in [3.63, 3.8) is 0 Å². The molecule has 0 saturated carbocycles. The van der Waals surface area contributed by atoms with Gasteiger partial charge in [0, 0.05) is 6.42 Å². The molecule has 0 N–H and O–H groups in total. The van der Waals surface area contributed by atoms with E-state index >= 15 is 0 Å². The Morgan fingerprint density at radius 3 is 3.00 bits per heavy atom. The number of fused-ring (bicyclic) bond motifs is 3. The van der Waals surface area contributed by atoms with Crippen molar-refractivity contribution in [2.45, 2.75) is 18.6 Å². The molecule has 0 aromatic heterocycles. The molecule has 3 rings (SSSR count). The first-order valence-corrected chi connectivity index (χ1v) is 5.46. The fourth-order valence-corrected chi connectivity index (χ4v) is 2.57. The Morgan fingerprint density at radius 1 is 1.47 bits per heavy atom. The summed E-state index contributed by atoms with van der Waals surface area (Å²) >= 11 is 0. The average Bonchev–Trinajstić information content (AvgIpc) is 2.82. The largest absolute Gasteiger partial charge is 0.443 e. The lowest BCUT2D eigenvalue weighted by atomic mass is 10.1. The SMILES string of the molecule is C=CC(=O)N1C(=O)O[C@H]2Cc3ccccc3[C@H]21. The van der Waals surface area contributed by atoms with Crippen molar-refractivity contribution >= 4 is 12.0 Å². The summed E-state index contributed by atoms with van der Waals surface area (Å²) in [5, 5.41) is 0. The van der Waals surface area contributed by atoms with Crippen LogP contribution in [-0.4, -0.2) is 23.0 Å². The minimum absolute atomic E-state index is 0.246. The van der Waals surface area contributed by atoms with Crippen LogP contribution in [0, 0.1) is 0 Å². The van der Waals surface area contributed by atoms with Gasteiger partial charge in [0.1, 0.15) is 12.1 Å². The summed E-state index contributed by atoms with van der Waals surface area (Å²) in [6.07, 6.45) is 1.00. The van der Waals surface area contributed by atoms with Crippen LogP contribution in [0.4, 0.5) is 4.79 Å². The Hall–Kier alpha value is -2.10. The predicted molar refractivity (Wildman–Crippen MR) is 60.2 cm³/mol. The van der Waals surface area contributed by atoms with Crippen molar-refractivity contribution in [1.29, 1.82) is 0 Å². The number of rotatable bonds is 1. The molecule has 1 saturated heterocycles. The minimum Gasteiger partial charge on any atom is -0.443 e. The number of amides is 2. The summed E-state index contributed by atoms with van der Waals surface area (Å²) < 4.78 is 5.22. The van der Waals surface area contributed by atoms with E-state index in [1.165, 1.54) is 0 Å². The summed E-state index contributed by atoms with van der Waals surface area (Å²) in [5.41, 5.74) is 2.13. The highest BCUT2D eigenvalue weighted by Crippen LogP contribution is 2.42. The monoisotopic (exact) mass is 229 g/mol. The van der Waals surface area contributed by atoms with Crippen molar-refractivity contribution in [3.05, 3.63) is 48.0 Å². The quantitative estimate of drug-likeness (QED) is 0.690. The molecule has 0 spiro atoms. The van der Waals surface area contributed by atoms with Gasteiger partial charge in [-0.1, -0.05) is 30.8 Å². The molecule has 2 aliphatic rings. The molecule has 17 heavy (non-hydrogen) atoms. The van der Waals surface area contributed by atoms with E-state index in [0.717, 1.165) is 22.1 Å². The third kappa shape index (κ3) is 1.30.